The molecule has 0 amide bonds. The zero-order chi connectivity index (χ0) is 11.7. The quantitative estimate of drug-likeness (QED) is 0.847. The van der Waals surface area contributed by atoms with Gasteiger partial charge in [-0.3, -0.25) is 9.58 Å². The van der Waals surface area contributed by atoms with Crippen LogP contribution in [0.15, 0.2) is 36.4 Å². The molecule has 0 saturated heterocycles. The number of hydrogen-bond acceptors (Lipinski definition) is 3. The first kappa shape index (κ1) is 10.4. The average molecular weight is 228 g/mol. The Morgan fingerprint density at radius 3 is 2.82 bits per heavy atom. The fourth-order valence-corrected chi connectivity index (χ4v) is 2.32. The zero-order valence-corrected chi connectivity index (χ0v) is 9.71. The van der Waals surface area contributed by atoms with Crippen LogP contribution in [0.5, 0.6) is 0 Å². The summed E-state index contributed by atoms with van der Waals surface area (Å²) in [6.07, 6.45) is 0. The first-order chi connectivity index (χ1) is 8.31. The van der Waals surface area contributed by atoms with E-state index in [0.29, 0.717) is 5.82 Å². The average Bonchev–Trinajstić information content (AvgIpc) is 2.70. The lowest BCUT2D eigenvalue weighted by Crippen LogP contribution is -2.33. The third-order valence-corrected chi connectivity index (χ3v) is 3.14. The van der Waals surface area contributed by atoms with Gasteiger partial charge in [0.05, 0.1) is 12.2 Å². The minimum atomic E-state index is 0.626. The first-order valence-electron chi connectivity index (χ1n) is 5.90. The largest absolute Gasteiger partial charge is 0.382 e. The molecule has 0 saturated carbocycles. The monoisotopic (exact) mass is 228 g/mol. The van der Waals surface area contributed by atoms with Crippen LogP contribution in [0.1, 0.15) is 11.3 Å². The molecule has 0 spiro atoms. The standard InChI is InChI=1S/C13H16N4/c14-13-8-12-10-16(6-7-17(12)15-13)9-11-4-2-1-3-5-11/h1-5,8H,6-7,9-10H2,(H2,14,15). The van der Waals surface area contributed by atoms with E-state index in [1.165, 1.54) is 11.3 Å². The highest BCUT2D eigenvalue weighted by Gasteiger charge is 2.17. The molecule has 2 aromatic rings. The van der Waals surface area contributed by atoms with Crippen LogP contribution in [0.3, 0.4) is 0 Å². The summed E-state index contributed by atoms with van der Waals surface area (Å²) in [5.41, 5.74) is 8.27. The Morgan fingerprint density at radius 1 is 1.18 bits per heavy atom. The zero-order valence-electron chi connectivity index (χ0n) is 9.71. The minimum absolute atomic E-state index is 0.626. The molecule has 4 nitrogen and oxygen atoms in total. The summed E-state index contributed by atoms with van der Waals surface area (Å²) in [5.74, 6) is 0.626. The molecule has 4 heteroatoms. The summed E-state index contributed by atoms with van der Waals surface area (Å²) < 4.78 is 2.01. The van der Waals surface area contributed by atoms with Crippen LogP contribution >= 0.6 is 0 Å². The normalized spacial score (nSPS) is 15.8. The molecular weight excluding hydrogens is 212 g/mol. The topological polar surface area (TPSA) is 47.1 Å². The second-order valence-electron chi connectivity index (χ2n) is 4.48. The maximum atomic E-state index is 5.71. The van der Waals surface area contributed by atoms with E-state index < -0.39 is 0 Å². The number of rotatable bonds is 2. The molecule has 1 aliphatic heterocycles. The van der Waals surface area contributed by atoms with Crippen molar-refractivity contribution in [2.45, 2.75) is 19.6 Å². The molecule has 1 aromatic carbocycles. The van der Waals surface area contributed by atoms with E-state index >= 15 is 0 Å². The molecule has 1 aromatic heterocycles. The molecule has 0 atom stereocenters. The van der Waals surface area contributed by atoms with Gasteiger partial charge in [-0.2, -0.15) is 5.10 Å². The van der Waals surface area contributed by atoms with Gasteiger partial charge in [0.1, 0.15) is 5.82 Å². The van der Waals surface area contributed by atoms with E-state index in [2.05, 4.69) is 40.3 Å². The Labute approximate surface area is 101 Å². The van der Waals surface area contributed by atoms with Crippen molar-refractivity contribution < 1.29 is 0 Å². The van der Waals surface area contributed by atoms with E-state index in [9.17, 15) is 0 Å². The van der Waals surface area contributed by atoms with Crippen LogP contribution < -0.4 is 5.73 Å². The van der Waals surface area contributed by atoms with Gasteiger partial charge >= 0.3 is 0 Å². The van der Waals surface area contributed by atoms with Crippen molar-refractivity contribution in [3.8, 4) is 0 Å². The van der Waals surface area contributed by atoms with Gasteiger partial charge in [0, 0.05) is 25.7 Å². The van der Waals surface area contributed by atoms with Crippen molar-refractivity contribution in [3.05, 3.63) is 47.7 Å². The number of anilines is 1. The fraction of sp³-hybridized carbons (Fsp3) is 0.308. The SMILES string of the molecule is Nc1cc2n(n1)CCN(Cc1ccccc1)C2. The van der Waals surface area contributed by atoms with Gasteiger partial charge in [0.25, 0.3) is 0 Å². The van der Waals surface area contributed by atoms with E-state index in [1.807, 2.05) is 10.7 Å². The first-order valence-corrected chi connectivity index (χ1v) is 5.90. The van der Waals surface area contributed by atoms with E-state index in [-0.39, 0.29) is 0 Å². The summed E-state index contributed by atoms with van der Waals surface area (Å²) in [6, 6.07) is 12.5. The van der Waals surface area contributed by atoms with Crippen molar-refractivity contribution in [1.82, 2.24) is 14.7 Å². The van der Waals surface area contributed by atoms with E-state index in [1.54, 1.807) is 0 Å². The molecule has 0 fully saturated rings. The molecule has 2 N–H and O–H groups in total. The van der Waals surface area contributed by atoms with Gasteiger partial charge in [-0.15, -0.1) is 0 Å². The van der Waals surface area contributed by atoms with Crippen LogP contribution in [-0.2, 0) is 19.6 Å². The maximum absolute atomic E-state index is 5.71. The number of benzene rings is 1. The predicted octanol–water partition coefficient (Wildman–Crippen LogP) is 1.48. The number of aromatic nitrogens is 2. The predicted molar refractivity (Wildman–Crippen MR) is 67.2 cm³/mol. The Morgan fingerprint density at radius 2 is 2.00 bits per heavy atom. The molecular formula is C13H16N4. The molecule has 88 valence electrons. The number of nitrogens with zero attached hydrogens (tertiary/aromatic N) is 3. The van der Waals surface area contributed by atoms with Crippen LogP contribution in [0.4, 0.5) is 5.82 Å². The van der Waals surface area contributed by atoms with E-state index in [4.69, 9.17) is 5.73 Å². The number of fused-ring (bicyclic) bond motifs is 1. The molecule has 0 radical (unpaired) electrons. The van der Waals surface area contributed by atoms with Crippen molar-refractivity contribution >= 4 is 5.82 Å². The third-order valence-electron chi connectivity index (χ3n) is 3.14. The lowest BCUT2D eigenvalue weighted by atomic mass is 10.2. The molecule has 2 heterocycles. The highest BCUT2D eigenvalue weighted by molar-refractivity contribution is 5.30. The molecule has 0 aliphatic carbocycles. The van der Waals surface area contributed by atoms with Gasteiger partial charge in [-0.1, -0.05) is 30.3 Å². The van der Waals surface area contributed by atoms with Gasteiger partial charge < -0.3 is 5.73 Å². The summed E-state index contributed by atoms with van der Waals surface area (Å²) in [7, 11) is 0. The van der Waals surface area contributed by atoms with Crippen LogP contribution in [-0.4, -0.2) is 21.2 Å². The Kier molecular flexibility index (Phi) is 2.57. The lowest BCUT2D eigenvalue weighted by molar-refractivity contribution is 0.205. The van der Waals surface area contributed by atoms with Crippen LogP contribution in [0, 0.1) is 0 Å². The van der Waals surface area contributed by atoms with Crippen molar-refractivity contribution in [1.29, 1.82) is 0 Å². The molecule has 0 bridgehead atoms. The minimum Gasteiger partial charge on any atom is -0.382 e. The van der Waals surface area contributed by atoms with Crippen molar-refractivity contribution in [3.63, 3.8) is 0 Å². The Balaban J connectivity index is 1.72. The number of nitrogens with two attached hydrogens (primary N) is 1. The maximum Gasteiger partial charge on any atom is 0.145 e. The highest BCUT2D eigenvalue weighted by Crippen LogP contribution is 2.16. The number of hydrogen-bond donors (Lipinski definition) is 1. The summed E-state index contributed by atoms with van der Waals surface area (Å²) in [6.45, 7) is 3.88. The van der Waals surface area contributed by atoms with Crippen molar-refractivity contribution in [2.24, 2.45) is 0 Å². The van der Waals surface area contributed by atoms with Gasteiger partial charge in [0.2, 0.25) is 0 Å². The van der Waals surface area contributed by atoms with Gasteiger partial charge in [-0.25, -0.2) is 0 Å². The smallest absolute Gasteiger partial charge is 0.145 e. The number of nitrogen functional groups attached to an aromatic ring is 1. The van der Waals surface area contributed by atoms with Crippen LogP contribution in [0.2, 0.25) is 0 Å². The molecule has 3 rings (SSSR count). The summed E-state index contributed by atoms with van der Waals surface area (Å²) >= 11 is 0. The molecule has 0 unspecified atom stereocenters. The second kappa shape index (κ2) is 4.22. The Bertz CT molecular complexity index is 503. The summed E-state index contributed by atoms with van der Waals surface area (Å²) in [4.78, 5) is 2.42. The molecule has 1 aliphatic rings. The van der Waals surface area contributed by atoms with Gasteiger partial charge in [0.15, 0.2) is 0 Å². The molecule has 17 heavy (non-hydrogen) atoms. The Hall–Kier alpha value is -1.81. The van der Waals surface area contributed by atoms with E-state index in [0.717, 1.165) is 26.2 Å². The van der Waals surface area contributed by atoms with Crippen molar-refractivity contribution in [2.75, 3.05) is 12.3 Å². The third kappa shape index (κ3) is 2.17. The lowest BCUT2D eigenvalue weighted by Gasteiger charge is -2.27. The van der Waals surface area contributed by atoms with Crippen LogP contribution in [0.25, 0.3) is 0 Å². The highest BCUT2D eigenvalue weighted by atomic mass is 15.3. The van der Waals surface area contributed by atoms with Gasteiger partial charge in [-0.05, 0) is 5.56 Å². The fourth-order valence-electron chi connectivity index (χ4n) is 2.32. The second-order valence-corrected chi connectivity index (χ2v) is 4.48. The summed E-state index contributed by atoms with van der Waals surface area (Å²) in [5, 5.41) is 4.26.